The number of ether oxygens (including phenoxy) is 1. The second-order valence-corrected chi connectivity index (χ2v) is 2.69. The topological polar surface area (TPSA) is 41.2 Å². The summed E-state index contributed by atoms with van der Waals surface area (Å²) in [5, 5.41) is 0. The highest BCUT2D eigenvalue weighted by molar-refractivity contribution is 5.60. The molecule has 1 N–H and O–H groups in total. The number of aromatic nitrogens is 2. The molecule has 1 aromatic heterocycles. The van der Waals surface area contributed by atoms with Gasteiger partial charge < -0.3 is 9.72 Å². The van der Waals surface area contributed by atoms with Gasteiger partial charge in [0, 0.05) is 5.56 Å². The number of hydrogen-bond donors (Lipinski definition) is 1. The summed E-state index contributed by atoms with van der Waals surface area (Å²) in [6, 6.07) is 9.98. The average molecular weight is 158 g/mol. The van der Waals surface area contributed by atoms with Crippen LogP contribution in [0.15, 0.2) is 30.3 Å². The van der Waals surface area contributed by atoms with Crippen molar-refractivity contribution in [3.63, 3.8) is 0 Å². The Morgan fingerprint density at radius 2 is 2.00 bits per heavy atom. The van der Waals surface area contributed by atoms with Gasteiger partial charge in [0.2, 0.25) is 0 Å². The van der Waals surface area contributed by atoms with Crippen LogP contribution >= 0.6 is 0 Å². The van der Waals surface area contributed by atoms with Crippen LogP contribution < -0.4 is 4.74 Å². The summed E-state index contributed by atoms with van der Waals surface area (Å²) >= 11 is 0. The zero-order chi connectivity index (χ0) is 7.97. The van der Waals surface area contributed by atoms with Crippen molar-refractivity contribution in [2.45, 2.75) is 0 Å². The molecular formula is C9H6N2O. The SMILES string of the molecule is c1ccc(-c2nc3c([nH]2)O3)cc1. The second-order valence-electron chi connectivity index (χ2n) is 2.69. The molecular weight excluding hydrogens is 152 g/mol. The van der Waals surface area contributed by atoms with Gasteiger partial charge in [-0.05, 0) is 0 Å². The summed E-state index contributed by atoms with van der Waals surface area (Å²) in [7, 11) is 0. The van der Waals surface area contributed by atoms with Crippen LogP contribution in [0.3, 0.4) is 0 Å². The molecule has 0 aliphatic carbocycles. The molecule has 58 valence electrons. The molecule has 2 heterocycles. The third kappa shape index (κ3) is 0.733. The van der Waals surface area contributed by atoms with Gasteiger partial charge in [0.05, 0.1) is 0 Å². The summed E-state index contributed by atoms with van der Waals surface area (Å²) in [5.41, 5.74) is 1.09. The highest BCUT2D eigenvalue weighted by atomic mass is 16.6. The van der Waals surface area contributed by atoms with Gasteiger partial charge in [0.25, 0.3) is 11.8 Å². The number of aromatic amines is 1. The lowest BCUT2D eigenvalue weighted by molar-refractivity contribution is 0.607. The minimum absolute atomic E-state index is 0.730. The summed E-state index contributed by atoms with van der Waals surface area (Å²) in [5.74, 6) is 2.41. The van der Waals surface area contributed by atoms with E-state index >= 15 is 0 Å². The number of hydrogen-bond acceptors (Lipinski definition) is 2. The molecule has 1 aromatic carbocycles. The monoisotopic (exact) mass is 158 g/mol. The zero-order valence-corrected chi connectivity index (χ0v) is 6.24. The van der Waals surface area contributed by atoms with Crippen LogP contribution in [-0.4, -0.2) is 9.97 Å². The number of nitrogens with zero attached hydrogens (tertiary/aromatic N) is 1. The Hall–Kier alpha value is -1.77. The standard InChI is InChI=1S/C9H6N2O/c1-2-4-6(5-3-1)7-10-8-9(11-7)12-8/h1-5H,(H,10,11). The van der Waals surface area contributed by atoms with Crippen LogP contribution in [0.2, 0.25) is 0 Å². The second kappa shape index (κ2) is 1.88. The van der Waals surface area contributed by atoms with Gasteiger partial charge in [0.1, 0.15) is 5.82 Å². The Kier molecular flexibility index (Phi) is 0.913. The van der Waals surface area contributed by atoms with Crippen LogP contribution in [0.1, 0.15) is 0 Å². The van der Waals surface area contributed by atoms with E-state index in [1.807, 2.05) is 30.3 Å². The van der Waals surface area contributed by atoms with Crippen LogP contribution in [-0.2, 0) is 0 Å². The highest BCUT2D eigenvalue weighted by Crippen LogP contribution is 2.43. The molecule has 0 fully saturated rings. The molecule has 1 aliphatic rings. The molecule has 3 heteroatoms. The van der Waals surface area contributed by atoms with Crippen molar-refractivity contribution in [3.8, 4) is 23.1 Å². The summed E-state index contributed by atoms with van der Waals surface area (Å²) in [6.45, 7) is 0. The largest absolute Gasteiger partial charge is 0.412 e. The van der Waals surface area contributed by atoms with Crippen LogP contribution in [0.4, 0.5) is 0 Å². The summed E-state index contributed by atoms with van der Waals surface area (Å²) in [6.07, 6.45) is 0. The van der Waals surface area contributed by atoms with Gasteiger partial charge in [-0.15, -0.1) is 0 Å². The Balaban J connectivity index is 2.11. The number of benzene rings is 1. The number of rotatable bonds is 1. The van der Waals surface area contributed by atoms with E-state index < -0.39 is 0 Å². The minimum atomic E-state index is 0.730. The molecule has 12 heavy (non-hydrogen) atoms. The molecule has 0 bridgehead atoms. The third-order valence-corrected chi connectivity index (χ3v) is 1.84. The highest BCUT2D eigenvalue weighted by Gasteiger charge is 2.26. The Bertz CT molecular complexity index is 400. The first-order chi connectivity index (χ1) is 5.93. The zero-order valence-electron chi connectivity index (χ0n) is 6.24. The van der Waals surface area contributed by atoms with Gasteiger partial charge in [0.15, 0.2) is 0 Å². The van der Waals surface area contributed by atoms with Crippen molar-refractivity contribution in [1.82, 2.24) is 9.97 Å². The van der Waals surface area contributed by atoms with Crippen molar-refractivity contribution in [1.29, 1.82) is 0 Å². The van der Waals surface area contributed by atoms with Gasteiger partial charge in [-0.25, -0.2) is 0 Å². The number of H-pyrrole nitrogens is 1. The maximum Gasteiger partial charge on any atom is 0.285 e. The molecule has 0 saturated heterocycles. The normalized spacial score (nSPS) is 12.0. The maximum absolute atomic E-state index is 4.94. The summed E-state index contributed by atoms with van der Waals surface area (Å²) in [4.78, 5) is 7.25. The van der Waals surface area contributed by atoms with Crippen molar-refractivity contribution < 1.29 is 4.74 Å². The van der Waals surface area contributed by atoms with Crippen molar-refractivity contribution in [3.05, 3.63) is 30.3 Å². The number of fused-ring (bicyclic) bond motifs is 1. The Morgan fingerprint density at radius 1 is 1.17 bits per heavy atom. The van der Waals surface area contributed by atoms with Crippen LogP contribution in [0, 0.1) is 0 Å². The molecule has 2 aromatic rings. The Morgan fingerprint density at radius 3 is 2.67 bits per heavy atom. The van der Waals surface area contributed by atoms with E-state index in [0.29, 0.717) is 0 Å². The third-order valence-electron chi connectivity index (χ3n) is 1.84. The van der Waals surface area contributed by atoms with E-state index in [1.165, 1.54) is 0 Å². The minimum Gasteiger partial charge on any atom is -0.412 e. The molecule has 0 atom stereocenters. The molecule has 0 spiro atoms. The Labute approximate surface area is 69.0 Å². The first-order valence-electron chi connectivity index (χ1n) is 3.77. The fourth-order valence-electron chi connectivity index (χ4n) is 1.19. The van der Waals surface area contributed by atoms with Crippen molar-refractivity contribution in [2.75, 3.05) is 0 Å². The first kappa shape index (κ1) is 5.83. The van der Waals surface area contributed by atoms with E-state index in [2.05, 4.69) is 9.97 Å². The molecule has 0 saturated carbocycles. The summed E-state index contributed by atoms with van der Waals surface area (Å²) < 4.78 is 4.94. The fourth-order valence-corrected chi connectivity index (χ4v) is 1.19. The van der Waals surface area contributed by atoms with Crippen LogP contribution in [0.5, 0.6) is 11.8 Å². The molecule has 0 amide bonds. The lowest BCUT2D eigenvalue weighted by atomic mass is 10.2. The van der Waals surface area contributed by atoms with E-state index in [9.17, 15) is 0 Å². The maximum atomic E-state index is 4.94. The molecule has 3 nitrogen and oxygen atoms in total. The fraction of sp³-hybridized carbons (Fsp3) is 0. The van der Waals surface area contributed by atoms with E-state index in [4.69, 9.17) is 4.74 Å². The predicted octanol–water partition coefficient (Wildman–Crippen LogP) is 2.18. The molecule has 3 rings (SSSR count). The van der Waals surface area contributed by atoms with E-state index in [1.54, 1.807) is 0 Å². The number of nitrogens with one attached hydrogen (secondary N) is 1. The van der Waals surface area contributed by atoms with Gasteiger partial charge in [-0.3, -0.25) is 0 Å². The van der Waals surface area contributed by atoms with Crippen LogP contribution in [0.25, 0.3) is 11.4 Å². The average Bonchev–Trinajstić information content (AvgIpc) is 2.75. The lowest BCUT2D eigenvalue weighted by Crippen LogP contribution is -1.81. The van der Waals surface area contributed by atoms with E-state index in [-0.39, 0.29) is 0 Å². The molecule has 1 aliphatic heterocycles. The number of imidazole rings is 1. The van der Waals surface area contributed by atoms with E-state index in [0.717, 1.165) is 23.1 Å². The lowest BCUT2D eigenvalue weighted by Gasteiger charge is -1.94. The quantitative estimate of drug-likeness (QED) is 0.551. The smallest absolute Gasteiger partial charge is 0.285 e. The molecule has 0 radical (unpaired) electrons. The first-order valence-corrected chi connectivity index (χ1v) is 3.77. The van der Waals surface area contributed by atoms with Gasteiger partial charge >= 0.3 is 0 Å². The molecule has 0 unspecified atom stereocenters. The van der Waals surface area contributed by atoms with Crippen molar-refractivity contribution >= 4 is 0 Å². The van der Waals surface area contributed by atoms with Gasteiger partial charge in [-0.2, -0.15) is 4.98 Å². The van der Waals surface area contributed by atoms with Crippen molar-refractivity contribution in [2.24, 2.45) is 0 Å². The van der Waals surface area contributed by atoms with Gasteiger partial charge in [-0.1, -0.05) is 30.3 Å². The predicted molar refractivity (Wildman–Crippen MR) is 44.1 cm³/mol.